The molecule has 0 heterocycles. The summed E-state index contributed by atoms with van der Waals surface area (Å²) in [6, 6.07) is 14.8. The Bertz CT molecular complexity index is 568. The molecule has 0 amide bonds. The number of aryl methyl sites for hydroxylation is 3. The summed E-state index contributed by atoms with van der Waals surface area (Å²) >= 11 is 0. The SMILES string of the molecule is Cc1ccc(C(C)(N)c2ccccc2C)c(C)c1. The molecule has 2 rings (SSSR count). The van der Waals surface area contributed by atoms with Crippen molar-refractivity contribution in [1.29, 1.82) is 0 Å². The van der Waals surface area contributed by atoms with E-state index in [0.717, 1.165) is 0 Å². The second-order valence-corrected chi connectivity index (χ2v) is 5.34. The maximum atomic E-state index is 6.61. The van der Waals surface area contributed by atoms with Crippen LogP contribution in [0.25, 0.3) is 0 Å². The van der Waals surface area contributed by atoms with Gasteiger partial charge in [-0.05, 0) is 49.9 Å². The molecule has 1 nitrogen and oxygen atoms in total. The zero-order chi connectivity index (χ0) is 13.3. The van der Waals surface area contributed by atoms with Crippen LogP contribution in [0.15, 0.2) is 42.5 Å². The Morgan fingerprint density at radius 3 is 2.06 bits per heavy atom. The van der Waals surface area contributed by atoms with Crippen LogP contribution in [-0.2, 0) is 5.54 Å². The lowest BCUT2D eigenvalue weighted by atomic mass is 9.81. The van der Waals surface area contributed by atoms with Crippen molar-refractivity contribution in [2.45, 2.75) is 33.2 Å². The summed E-state index contributed by atoms with van der Waals surface area (Å²) in [7, 11) is 0. The fourth-order valence-electron chi connectivity index (χ4n) is 2.70. The van der Waals surface area contributed by atoms with Crippen molar-refractivity contribution in [3.63, 3.8) is 0 Å². The molecule has 0 saturated carbocycles. The molecule has 2 aromatic rings. The highest BCUT2D eigenvalue weighted by molar-refractivity contribution is 5.45. The highest BCUT2D eigenvalue weighted by Crippen LogP contribution is 2.31. The van der Waals surface area contributed by atoms with Crippen molar-refractivity contribution in [3.05, 3.63) is 70.3 Å². The molecule has 0 radical (unpaired) electrons. The van der Waals surface area contributed by atoms with Gasteiger partial charge in [-0.3, -0.25) is 0 Å². The van der Waals surface area contributed by atoms with Gasteiger partial charge in [-0.1, -0.05) is 48.0 Å². The molecule has 1 atom stereocenters. The summed E-state index contributed by atoms with van der Waals surface area (Å²) in [5.74, 6) is 0. The molecule has 1 heteroatoms. The van der Waals surface area contributed by atoms with E-state index in [1.807, 2.05) is 0 Å². The van der Waals surface area contributed by atoms with Crippen molar-refractivity contribution in [2.24, 2.45) is 5.73 Å². The number of hydrogen-bond acceptors (Lipinski definition) is 1. The van der Waals surface area contributed by atoms with Crippen LogP contribution in [0.5, 0.6) is 0 Å². The molecule has 0 fully saturated rings. The van der Waals surface area contributed by atoms with Crippen molar-refractivity contribution < 1.29 is 0 Å². The smallest absolute Gasteiger partial charge is 0.0642 e. The van der Waals surface area contributed by atoms with E-state index in [4.69, 9.17) is 5.73 Å². The van der Waals surface area contributed by atoms with Crippen LogP contribution in [0.2, 0.25) is 0 Å². The molecule has 1 unspecified atom stereocenters. The molecule has 0 aliphatic heterocycles. The Morgan fingerprint density at radius 1 is 0.833 bits per heavy atom. The third-order valence-electron chi connectivity index (χ3n) is 3.65. The number of hydrogen-bond donors (Lipinski definition) is 1. The van der Waals surface area contributed by atoms with Gasteiger partial charge in [0.05, 0.1) is 5.54 Å². The Kier molecular flexibility index (Phi) is 3.27. The summed E-state index contributed by atoms with van der Waals surface area (Å²) in [6.07, 6.45) is 0. The van der Waals surface area contributed by atoms with E-state index >= 15 is 0 Å². The summed E-state index contributed by atoms with van der Waals surface area (Å²) in [4.78, 5) is 0. The van der Waals surface area contributed by atoms with Gasteiger partial charge in [0.1, 0.15) is 0 Å². The van der Waals surface area contributed by atoms with Gasteiger partial charge >= 0.3 is 0 Å². The van der Waals surface area contributed by atoms with Gasteiger partial charge in [0.25, 0.3) is 0 Å². The Labute approximate surface area is 110 Å². The first kappa shape index (κ1) is 12.8. The normalized spacial score (nSPS) is 14.3. The topological polar surface area (TPSA) is 26.0 Å². The predicted molar refractivity (Wildman–Crippen MR) is 77.7 cm³/mol. The third kappa shape index (κ3) is 2.19. The number of benzene rings is 2. The van der Waals surface area contributed by atoms with Crippen molar-refractivity contribution in [1.82, 2.24) is 0 Å². The maximum Gasteiger partial charge on any atom is 0.0642 e. The molecule has 18 heavy (non-hydrogen) atoms. The van der Waals surface area contributed by atoms with Gasteiger partial charge in [-0.2, -0.15) is 0 Å². The zero-order valence-electron chi connectivity index (χ0n) is 11.6. The van der Waals surface area contributed by atoms with Crippen LogP contribution in [-0.4, -0.2) is 0 Å². The molecule has 0 aromatic heterocycles. The third-order valence-corrected chi connectivity index (χ3v) is 3.65. The summed E-state index contributed by atoms with van der Waals surface area (Å²) in [5.41, 5.74) is 12.3. The van der Waals surface area contributed by atoms with Crippen molar-refractivity contribution in [3.8, 4) is 0 Å². The lowest BCUT2D eigenvalue weighted by Gasteiger charge is -2.29. The lowest BCUT2D eigenvalue weighted by Crippen LogP contribution is -2.35. The van der Waals surface area contributed by atoms with E-state index in [2.05, 4.69) is 70.2 Å². The monoisotopic (exact) mass is 239 g/mol. The fourth-order valence-corrected chi connectivity index (χ4v) is 2.70. The van der Waals surface area contributed by atoms with Crippen LogP contribution in [0.3, 0.4) is 0 Å². The standard InChI is InChI=1S/C17H21N/c1-12-9-10-16(14(3)11-12)17(4,18)15-8-6-5-7-13(15)2/h5-11H,18H2,1-4H3. The fraction of sp³-hybridized carbons (Fsp3) is 0.294. The van der Waals surface area contributed by atoms with Crippen LogP contribution in [0, 0.1) is 20.8 Å². The van der Waals surface area contributed by atoms with Gasteiger partial charge in [0, 0.05) is 0 Å². The van der Waals surface area contributed by atoms with Gasteiger partial charge in [0.15, 0.2) is 0 Å². The van der Waals surface area contributed by atoms with E-state index in [9.17, 15) is 0 Å². The van der Waals surface area contributed by atoms with Crippen LogP contribution >= 0.6 is 0 Å². The van der Waals surface area contributed by atoms with E-state index in [0.29, 0.717) is 0 Å². The minimum Gasteiger partial charge on any atom is -0.318 e. The molecular formula is C17H21N. The predicted octanol–water partition coefficient (Wildman–Crippen LogP) is 3.83. The van der Waals surface area contributed by atoms with Crippen LogP contribution in [0.1, 0.15) is 34.7 Å². The average molecular weight is 239 g/mol. The Morgan fingerprint density at radius 2 is 1.44 bits per heavy atom. The molecular weight excluding hydrogens is 218 g/mol. The Balaban J connectivity index is 2.58. The second kappa shape index (κ2) is 4.58. The highest BCUT2D eigenvalue weighted by Gasteiger charge is 2.26. The largest absolute Gasteiger partial charge is 0.318 e. The summed E-state index contributed by atoms with van der Waals surface area (Å²) < 4.78 is 0. The second-order valence-electron chi connectivity index (χ2n) is 5.34. The van der Waals surface area contributed by atoms with Crippen molar-refractivity contribution >= 4 is 0 Å². The molecule has 94 valence electrons. The first-order valence-corrected chi connectivity index (χ1v) is 6.35. The van der Waals surface area contributed by atoms with Crippen LogP contribution < -0.4 is 5.73 Å². The number of nitrogens with two attached hydrogens (primary N) is 1. The first-order valence-electron chi connectivity index (χ1n) is 6.35. The van der Waals surface area contributed by atoms with E-state index < -0.39 is 5.54 Å². The highest BCUT2D eigenvalue weighted by atomic mass is 14.7. The van der Waals surface area contributed by atoms with Gasteiger partial charge in [-0.15, -0.1) is 0 Å². The minimum atomic E-state index is -0.441. The molecule has 0 aliphatic carbocycles. The summed E-state index contributed by atoms with van der Waals surface area (Å²) in [6.45, 7) is 8.45. The zero-order valence-corrected chi connectivity index (χ0v) is 11.6. The van der Waals surface area contributed by atoms with E-state index in [1.165, 1.54) is 27.8 Å². The molecule has 2 aromatic carbocycles. The quantitative estimate of drug-likeness (QED) is 0.846. The molecule has 0 bridgehead atoms. The Hall–Kier alpha value is -1.60. The molecule has 0 saturated heterocycles. The van der Waals surface area contributed by atoms with Gasteiger partial charge in [-0.25, -0.2) is 0 Å². The average Bonchev–Trinajstić information content (AvgIpc) is 2.28. The minimum absolute atomic E-state index is 0.441. The number of rotatable bonds is 2. The first-order chi connectivity index (χ1) is 8.43. The molecule has 0 aliphatic rings. The van der Waals surface area contributed by atoms with E-state index in [1.54, 1.807) is 0 Å². The van der Waals surface area contributed by atoms with Gasteiger partial charge < -0.3 is 5.73 Å². The van der Waals surface area contributed by atoms with Crippen LogP contribution in [0.4, 0.5) is 0 Å². The lowest BCUT2D eigenvalue weighted by molar-refractivity contribution is 0.594. The van der Waals surface area contributed by atoms with Crippen molar-refractivity contribution in [2.75, 3.05) is 0 Å². The van der Waals surface area contributed by atoms with Gasteiger partial charge in [0.2, 0.25) is 0 Å². The maximum absolute atomic E-state index is 6.61. The molecule has 0 spiro atoms. The molecule has 2 N–H and O–H groups in total. The van der Waals surface area contributed by atoms with E-state index in [-0.39, 0.29) is 0 Å². The summed E-state index contributed by atoms with van der Waals surface area (Å²) in [5, 5.41) is 0.